The molecule has 0 radical (unpaired) electrons. The summed E-state index contributed by atoms with van der Waals surface area (Å²) in [5, 5.41) is 28.1. The summed E-state index contributed by atoms with van der Waals surface area (Å²) in [4.78, 5) is 18.8. The molecule has 2 saturated carbocycles. The van der Waals surface area contributed by atoms with Gasteiger partial charge in [0, 0.05) is 31.3 Å². The van der Waals surface area contributed by atoms with Crippen LogP contribution >= 0.6 is 11.3 Å². The molecule has 2 aliphatic rings. The Hall–Kier alpha value is -2.10. The van der Waals surface area contributed by atoms with Gasteiger partial charge in [-0.05, 0) is 70.9 Å². The van der Waals surface area contributed by atoms with Crippen LogP contribution in [-0.4, -0.2) is 63.2 Å². The average molecular weight is 475 g/mol. The van der Waals surface area contributed by atoms with Gasteiger partial charge in [-0.1, -0.05) is 6.92 Å². The van der Waals surface area contributed by atoms with Crippen LogP contribution in [0.3, 0.4) is 0 Å². The SMILES string of the molecule is CCC=NC.Cc1cnc(-c2c(C)nc(NCC3CC3)nc2NC2CC(CO)CC2(C)O)s1. The van der Waals surface area contributed by atoms with Crippen molar-refractivity contribution in [2.75, 3.05) is 30.8 Å². The van der Waals surface area contributed by atoms with Crippen LogP contribution < -0.4 is 10.6 Å². The number of thiazole rings is 1. The summed E-state index contributed by atoms with van der Waals surface area (Å²) in [7, 11) is 1.78. The predicted molar refractivity (Wildman–Crippen MR) is 136 cm³/mol. The summed E-state index contributed by atoms with van der Waals surface area (Å²) < 4.78 is 0. The van der Waals surface area contributed by atoms with Crippen molar-refractivity contribution in [3.05, 3.63) is 16.8 Å². The molecule has 2 aromatic heterocycles. The van der Waals surface area contributed by atoms with Crippen molar-refractivity contribution in [1.82, 2.24) is 15.0 Å². The number of hydrogen-bond acceptors (Lipinski definition) is 9. The molecular weight excluding hydrogens is 436 g/mol. The van der Waals surface area contributed by atoms with E-state index in [9.17, 15) is 10.2 Å². The molecule has 3 unspecified atom stereocenters. The highest BCUT2D eigenvalue weighted by Crippen LogP contribution is 2.39. The van der Waals surface area contributed by atoms with Crippen LogP contribution in [0.4, 0.5) is 11.8 Å². The molecule has 0 bridgehead atoms. The van der Waals surface area contributed by atoms with Gasteiger partial charge in [-0.2, -0.15) is 4.98 Å². The largest absolute Gasteiger partial charge is 0.396 e. The second kappa shape index (κ2) is 11.4. The second-order valence-corrected chi connectivity index (χ2v) is 10.6. The topological polar surface area (TPSA) is 116 Å². The molecule has 2 heterocycles. The van der Waals surface area contributed by atoms with E-state index in [-0.39, 0.29) is 18.6 Å². The van der Waals surface area contributed by atoms with Gasteiger partial charge in [0.2, 0.25) is 5.95 Å². The van der Waals surface area contributed by atoms with Crippen molar-refractivity contribution in [2.24, 2.45) is 16.8 Å². The van der Waals surface area contributed by atoms with Crippen molar-refractivity contribution in [2.45, 2.75) is 71.4 Å². The lowest BCUT2D eigenvalue weighted by atomic mass is 10.00. The van der Waals surface area contributed by atoms with Gasteiger partial charge in [-0.15, -0.1) is 11.3 Å². The average Bonchev–Trinajstić information content (AvgIpc) is 3.43. The fourth-order valence-electron chi connectivity index (χ4n) is 4.14. The first kappa shape index (κ1) is 25.5. The van der Waals surface area contributed by atoms with E-state index in [0.29, 0.717) is 24.6 Å². The predicted octanol–water partition coefficient (Wildman–Crippen LogP) is 4.07. The first-order chi connectivity index (χ1) is 15.8. The molecule has 3 atom stereocenters. The Morgan fingerprint density at radius 2 is 2.03 bits per heavy atom. The Labute approximate surface area is 201 Å². The fourth-order valence-corrected chi connectivity index (χ4v) is 5.00. The zero-order valence-electron chi connectivity index (χ0n) is 20.4. The molecule has 182 valence electrons. The molecular formula is C24H38N6O2S. The molecule has 2 aliphatic carbocycles. The zero-order valence-corrected chi connectivity index (χ0v) is 21.2. The Kier molecular flexibility index (Phi) is 8.78. The van der Waals surface area contributed by atoms with E-state index in [2.05, 4.69) is 32.5 Å². The third-order valence-corrected chi connectivity index (χ3v) is 7.06. The van der Waals surface area contributed by atoms with Gasteiger partial charge in [0.15, 0.2) is 0 Å². The number of aromatic nitrogens is 3. The molecule has 9 heteroatoms. The maximum atomic E-state index is 10.9. The summed E-state index contributed by atoms with van der Waals surface area (Å²) in [6.45, 7) is 8.88. The number of hydrogen-bond donors (Lipinski definition) is 4. The highest BCUT2D eigenvalue weighted by Gasteiger charge is 2.43. The summed E-state index contributed by atoms with van der Waals surface area (Å²) in [5.41, 5.74) is 0.851. The number of anilines is 2. The van der Waals surface area contributed by atoms with Crippen LogP contribution in [-0.2, 0) is 0 Å². The van der Waals surface area contributed by atoms with E-state index in [1.165, 1.54) is 12.8 Å². The quantitative estimate of drug-likeness (QED) is 0.426. The molecule has 0 spiro atoms. The Balaban J connectivity index is 0.000000555. The number of aliphatic hydroxyl groups excluding tert-OH is 1. The van der Waals surface area contributed by atoms with E-state index in [4.69, 9.17) is 4.98 Å². The molecule has 4 rings (SSSR count). The van der Waals surface area contributed by atoms with Gasteiger partial charge < -0.3 is 25.8 Å². The third kappa shape index (κ3) is 6.94. The molecule has 0 aliphatic heterocycles. The number of nitrogens with zero attached hydrogens (tertiary/aromatic N) is 4. The number of rotatable bonds is 8. The van der Waals surface area contributed by atoms with E-state index < -0.39 is 5.60 Å². The molecule has 0 amide bonds. The van der Waals surface area contributed by atoms with Crippen LogP contribution in [0.25, 0.3) is 10.6 Å². The summed E-state index contributed by atoms with van der Waals surface area (Å²) >= 11 is 1.61. The van der Waals surface area contributed by atoms with Crippen molar-refractivity contribution in [3.8, 4) is 10.6 Å². The molecule has 0 saturated heterocycles. The Morgan fingerprint density at radius 3 is 2.55 bits per heavy atom. The van der Waals surface area contributed by atoms with Crippen molar-refractivity contribution < 1.29 is 10.2 Å². The smallest absolute Gasteiger partial charge is 0.224 e. The van der Waals surface area contributed by atoms with Crippen molar-refractivity contribution in [1.29, 1.82) is 0 Å². The first-order valence-electron chi connectivity index (χ1n) is 11.8. The number of aliphatic hydroxyl groups is 2. The van der Waals surface area contributed by atoms with Gasteiger partial charge in [0.25, 0.3) is 0 Å². The number of nitrogens with one attached hydrogen (secondary N) is 2. The van der Waals surface area contributed by atoms with Crippen LogP contribution in [0.15, 0.2) is 11.2 Å². The van der Waals surface area contributed by atoms with E-state index >= 15 is 0 Å². The minimum Gasteiger partial charge on any atom is -0.396 e. The highest BCUT2D eigenvalue weighted by molar-refractivity contribution is 7.15. The monoisotopic (exact) mass is 474 g/mol. The lowest BCUT2D eigenvalue weighted by Crippen LogP contribution is -2.39. The highest BCUT2D eigenvalue weighted by atomic mass is 32.1. The van der Waals surface area contributed by atoms with E-state index in [1.807, 2.05) is 33.2 Å². The number of aliphatic imine (C=N–C) groups is 1. The standard InChI is InChI=1S/C20H29N5O2S.C4H9N/c1-11-8-21-18(28-11)16-12(2)23-19(22-9-13-4-5-13)25-17(16)24-15-6-14(10-26)7-20(15,3)27;1-3-4-5-2/h8,13-15,26-27H,4-7,9-10H2,1-3H3,(H2,22,23,24,25);4H,3H2,1-2H3. The molecule has 2 aromatic rings. The fraction of sp³-hybridized carbons (Fsp3) is 0.667. The summed E-state index contributed by atoms with van der Waals surface area (Å²) in [6.07, 6.45) is 8.59. The zero-order chi connectivity index (χ0) is 24.0. The van der Waals surface area contributed by atoms with Gasteiger partial charge >= 0.3 is 0 Å². The third-order valence-electron chi connectivity index (χ3n) is 6.13. The van der Waals surface area contributed by atoms with Crippen LogP contribution in [0, 0.1) is 25.7 Å². The van der Waals surface area contributed by atoms with E-state index in [0.717, 1.165) is 40.0 Å². The molecule has 0 aromatic carbocycles. The second-order valence-electron chi connectivity index (χ2n) is 9.35. The normalized spacial score (nSPS) is 24.6. The minimum atomic E-state index is -0.899. The minimum absolute atomic E-state index is 0.0872. The molecule has 2 fully saturated rings. The van der Waals surface area contributed by atoms with Crippen LogP contribution in [0.1, 0.15) is 56.5 Å². The maximum Gasteiger partial charge on any atom is 0.224 e. The molecule has 8 nitrogen and oxygen atoms in total. The lowest BCUT2D eigenvalue weighted by Gasteiger charge is -2.28. The van der Waals surface area contributed by atoms with Gasteiger partial charge in [0.05, 0.1) is 22.9 Å². The van der Waals surface area contributed by atoms with Gasteiger partial charge in [-0.25, -0.2) is 9.97 Å². The Bertz CT molecular complexity index is 941. The summed E-state index contributed by atoms with van der Waals surface area (Å²) in [6, 6.07) is -0.185. The van der Waals surface area contributed by atoms with Gasteiger partial charge in [0.1, 0.15) is 10.8 Å². The molecule has 4 N–H and O–H groups in total. The maximum absolute atomic E-state index is 10.9. The van der Waals surface area contributed by atoms with Crippen LogP contribution in [0.2, 0.25) is 0 Å². The lowest BCUT2D eigenvalue weighted by molar-refractivity contribution is 0.0506. The molecule has 33 heavy (non-hydrogen) atoms. The van der Waals surface area contributed by atoms with E-state index in [1.54, 1.807) is 18.4 Å². The van der Waals surface area contributed by atoms with Crippen LogP contribution in [0.5, 0.6) is 0 Å². The van der Waals surface area contributed by atoms with Crippen molar-refractivity contribution in [3.63, 3.8) is 0 Å². The summed E-state index contributed by atoms with van der Waals surface area (Å²) in [5.74, 6) is 2.13. The van der Waals surface area contributed by atoms with Crippen molar-refractivity contribution >= 4 is 29.3 Å². The Morgan fingerprint density at radius 1 is 1.27 bits per heavy atom. The first-order valence-corrected chi connectivity index (χ1v) is 12.6. The number of aryl methyl sites for hydroxylation is 2. The van der Waals surface area contributed by atoms with Gasteiger partial charge in [-0.3, -0.25) is 0 Å².